The average Bonchev–Trinajstić information content (AvgIpc) is 3.15. The number of amides is 2. The highest BCUT2D eigenvalue weighted by atomic mass is 16.2. The van der Waals surface area contributed by atoms with Crippen molar-refractivity contribution in [3.8, 4) is 0 Å². The highest BCUT2D eigenvalue weighted by Crippen LogP contribution is 2.53. The monoisotopic (exact) mass is 297 g/mol. The highest BCUT2D eigenvalue weighted by Gasteiger charge is 2.62. The second-order valence-corrected chi connectivity index (χ2v) is 6.11. The lowest BCUT2D eigenvalue weighted by molar-refractivity contribution is -0.124. The summed E-state index contributed by atoms with van der Waals surface area (Å²) in [5.41, 5.74) is 1.50. The number of nitrogens with zero attached hydrogens (tertiary/aromatic N) is 1. The van der Waals surface area contributed by atoms with E-state index in [9.17, 15) is 9.59 Å². The molecule has 114 valence electrons. The summed E-state index contributed by atoms with van der Waals surface area (Å²) in [6, 6.07) is 7.79. The van der Waals surface area contributed by atoms with Gasteiger partial charge in [0.1, 0.15) is 5.41 Å². The summed E-state index contributed by atoms with van der Waals surface area (Å²) in [7, 11) is 0. The highest BCUT2D eigenvalue weighted by molar-refractivity contribution is 6.16. The van der Waals surface area contributed by atoms with E-state index in [1.165, 1.54) is 0 Å². The van der Waals surface area contributed by atoms with Gasteiger partial charge in [0.2, 0.25) is 11.8 Å². The largest absolute Gasteiger partial charge is 0.372 e. The van der Waals surface area contributed by atoms with Crippen molar-refractivity contribution in [1.82, 2.24) is 10.2 Å². The van der Waals surface area contributed by atoms with E-state index in [4.69, 9.17) is 0 Å². The van der Waals surface area contributed by atoms with E-state index in [1.807, 2.05) is 37.4 Å². The van der Waals surface area contributed by atoms with E-state index in [2.05, 4.69) is 15.5 Å². The summed E-state index contributed by atoms with van der Waals surface area (Å²) in [6.45, 7) is 3.36. The Morgan fingerprint density at radius 2 is 2.27 bits per heavy atom. The van der Waals surface area contributed by atoms with Crippen LogP contribution in [0.25, 0.3) is 0 Å². The maximum absolute atomic E-state index is 13.0. The van der Waals surface area contributed by atoms with Gasteiger partial charge in [-0.05, 0) is 31.4 Å². The molecule has 2 N–H and O–H groups in total. The summed E-state index contributed by atoms with van der Waals surface area (Å²) in [5.74, 6) is -0.204. The number of rotatable bonds is 2. The molecule has 0 bridgehead atoms. The molecule has 0 radical (unpaired) electrons. The second kappa shape index (κ2) is 4.60. The number of fused-ring (bicyclic) bond motifs is 4. The smallest absolute Gasteiger partial charge is 0.250 e. The Kier molecular flexibility index (Phi) is 2.79. The molecule has 2 amide bonds. The molecule has 0 aliphatic carbocycles. The third-order valence-corrected chi connectivity index (χ3v) is 5.05. The number of carbonyl (C=O) groups is 2. The molecule has 3 heterocycles. The molecule has 5 nitrogen and oxygen atoms in total. The van der Waals surface area contributed by atoms with Gasteiger partial charge in [0, 0.05) is 25.0 Å². The van der Waals surface area contributed by atoms with Crippen molar-refractivity contribution in [1.29, 1.82) is 0 Å². The van der Waals surface area contributed by atoms with Crippen LogP contribution in [0.4, 0.5) is 5.69 Å². The van der Waals surface area contributed by atoms with Crippen LogP contribution >= 0.6 is 0 Å². The molecule has 1 fully saturated rings. The molecule has 1 aromatic carbocycles. The molecule has 0 aromatic heterocycles. The Balaban J connectivity index is 1.92. The van der Waals surface area contributed by atoms with Gasteiger partial charge < -0.3 is 15.5 Å². The van der Waals surface area contributed by atoms with Crippen LogP contribution in [0, 0.1) is 0 Å². The lowest BCUT2D eigenvalue weighted by Crippen LogP contribution is -2.49. The normalized spacial score (nSPS) is 28.4. The summed E-state index contributed by atoms with van der Waals surface area (Å²) in [6.07, 6.45) is 3.90. The zero-order chi connectivity index (χ0) is 15.3. The van der Waals surface area contributed by atoms with E-state index in [0.29, 0.717) is 12.1 Å². The molecule has 2 atom stereocenters. The van der Waals surface area contributed by atoms with Gasteiger partial charge in [-0.1, -0.05) is 18.2 Å². The fraction of sp³-hybridized carbons (Fsp3) is 0.412. The number of hydrogen-bond donors (Lipinski definition) is 2. The predicted octanol–water partition coefficient (Wildman–Crippen LogP) is 1.37. The number of para-hydroxylation sites is 1. The Labute approximate surface area is 129 Å². The van der Waals surface area contributed by atoms with Gasteiger partial charge in [0.25, 0.3) is 0 Å². The summed E-state index contributed by atoms with van der Waals surface area (Å²) in [5, 5.41) is 5.85. The van der Waals surface area contributed by atoms with Gasteiger partial charge in [-0.15, -0.1) is 0 Å². The fourth-order valence-corrected chi connectivity index (χ4v) is 4.23. The Morgan fingerprint density at radius 3 is 3.09 bits per heavy atom. The van der Waals surface area contributed by atoms with Crippen LogP contribution in [-0.2, 0) is 15.0 Å². The first-order valence-corrected chi connectivity index (χ1v) is 7.86. The Hall–Kier alpha value is -2.30. The first kappa shape index (κ1) is 13.4. The number of anilines is 1. The number of nitrogens with one attached hydrogen (secondary N) is 2. The molecule has 2 unspecified atom stereocenters. The van der Waals surface area contributed by atoms with E-state index < -0.39 is 5.41 Å². The number of likely N-dealkylation sites (N-methyl/N-ethyl adjacent to an activating group) is 1. The van der Waals surface area contributed by atoms with Crippen LogP contribution in [0.3, 0.4) is 0 Å². The molecule has 22 heavy (non-hydrogen) atoms. The van der Waals surface area contributed by atoms with E-state index in [1.54, 1.807) is 0 Å². The molecule has 4 rings (SSSR count). The third kappa shape index (κ3) is 1.48. The van der Waals surface area contributed by atoms with Crippen LogP contribution in [0.15, 0.2) is 36.0 Å². The standard InChI is InChI=1S/C17H19N3O2/c1-2-18-15(21)12-10-20-9-5-8-14(20)17(12)11-6-3-4-7-13(11)19-16(17)22/h3-4,6-7,10,14H,2,5,8-9H2,1H3,(H,18,21)(H,19,22). The van der Waals surface area contributed by atoms with Gasteiger partial charge in [-0.2, -0.15) is 0 Å². The molecular weight excluding hydrogens is 278 g/mol. The molecule has 3 aliphatic rings. The van der Waals surface area contributed by atoms with Gasteiger partial charge in [-0.3, -0.25) is 9.59 Å². The minimum atomic E-state index is -0.855. The molecular formula is C17H19N3O2. The van der Waals surface area contributed by atoms with Crippen molar-refractivity contribution in [3.05, 3.63) is 41.6 Å². The van der Waals surface area contributed by atoms with Crippen molar-refractivity contribution in [2.45, 2.75) is 31.2 Å². The average molecular weight is 297 g/mol. The van der Waals surface area contributed by atoms with Crippen molar-refractivity contribution in [2.24, 2.45) is 0 Å². The zero-order valence-corrected chi connectivity index (χ0v) is 12.6. The molecule has 5 heteroatoms. The number of carbonyl (C=O) groups excluding carboxylic acids is 2. The first-order chi connectivity index (χ1) is 10.7. The SMILES string of the molecule is CCNC(=O)C1=CN2CCCC2C12C(=O)Nc1ccccc12. The van der Waals surface area contributed by atoms with Gasteiger partial charge in [-0.25, -0.2) is 0 Å². The quantitative estimate of drug-likeness (QED) is 0.867. The van der Waals surface area contributed by atoms with Crippen LogP contribution in [0.2, 0.25) is 0 Å². The summed E-state index contributed by atoms with van der Waals surface area (Å²) in [4.78, 5) is 27.7. The lowest BCUT2D eigenvalue weighted by atomic mass is 9.70. The summed E-state index contributed by atoms with van der Waals surface area (Å²) < 4.78 is 0. The maximum Gasteiger partial charge on any atom is 0.250 e. The van der Waals surface area contributed by atoms with Gasteiger partial charge in [0.05, 0.1) is 11.6 Å². The summed E-state index contributed by atoms with van der Waals surface area (Å²) >= 11 is 0. The van der Waals surface area contributed by atoms with Crippen LogP contribution in [-0.4, -0.2) is 35.8 Å². The van der Waals surface area contributed by atoms with Crippen LogP contribution < -0.4 is 10.6 Å². The maximum atomic E-state index is 13.0. The molecule has 1 aromatic rings. The lowest BCUT2D eigenvalue weighted by Gasteiger charge is -2.32. The third-order valence-electron chi connectivity index (χ3n) is 5.05. The minimum Gasteiger partial charge on any atom is -0.372 e. The first-order valence-electron chi connectivity index (χ1n) is 7.86. The van der Waals surface area contributed by atoms with Crippen molar-refractivity contribution < 1.29 is 9.59 Å². The van der Waals surface area contributed by atoms with Gasteiger partial charge >= 0.3 is 0 Å². The predicted molar refractivity (Wildman–Crippen MR) is 83.2 cm³/mol. The second-order valence-electron chi connectivity index (χ2n) is 6.11. The minimum absolute atomic E-state index is 0.0498. The Morgan fingerprint density at radius 1 is 1.45 bits per heavy atom. The van der Waals surface area contributed by atoms with Crippen molar-refractivity contribution >= 4 is 17.5 Å². The van der Waals surface area contributed by atoms with Gasteiger partial charge in [0.15, 0.2) is 0 Å². The molecule has 1 spiro atoms. The fourth-order valence-electron chi connectivity index (χ4n) is 4.23. The molecule has 3 aliphatic heterocycles. The Bertz CT molecular complexity index is 697. The van der Waals surface area contributed by atoms with Crippen LogP contribution in [0.1, 0.15) is 25.3 Å². The van der Waals surface area contributed by atoms with E-state index in [-0.39, 0.29) is 17.9 Å². The molecule has 0 saturated carbocycles. The van der Waals surface area contributed by atoms with E-state index in [0.717, 1.165) is 30.6 Å². The zero-order valence-electron chi connectivity index (χ0n) is 12.6. The van der Waals surface area contributed by atoms with Crippen LogP contribution in [0.5, 0.6) is 0 Å². The van der Waals surface area contributed by atoms with Crippen molar-refractivity contribution in [2.75, 3.05) is 18.4 Å². The topological polar surface area (TPSA) is 61.4 Å². The van der Waals surface area contributed by atoms with E-state index >= 15 is 0 Å². The molecule has 1 saturated heterocycles. The van der Waals surface area contributed by atoms with Crippen molar-refractivity contribution in [3.63, 3.8) is 0 Å². The number of hydrogen-bond acceptors (Lipinski definition) is 3. The number of benzene rings is 1.